The first-order valence-electron chi connectivity index (χ1n) is 5.16. The molecule has 1 amide bonds. The number of hydrazine groups is 1. The largest absolute Gasteiger partial charge is 0.294 e. The molecule has 0 atom stereocenters. The van der Waals surface area contributed by atoms with Crippen molar-refractivity contribution >= 4 is 29.0 Å². The van der Waals surface area contributed by atoms with Gasteiger partial charge in [0.1, 0.15) is 0 Å². The summed E-state index contributed by atoms with van der Waals surface area (Å²) in [6.07, 6.45) is 1.21. The fourth-order valence-corrected chi connectivity index (χ4v) is 3.00. The van der Waals surface area contributed by atoms with Gasteiger partial charge in [-0.05, 0) is 18.1 Å². The van der Waals surface area contributed by atoms with Crippen LogP contribution in [0, 0.1) is 5.92 Å². The predicted molar refractivity (Wildman–Crippen MR) is 69.4 cm³/mol. The number of nitrogen functional groups attached to an aromatic ring is 1. The molecule has 90 valence electrons. The van der Waals surface area contributed by atoms with Crippen LogP contribution >= 0.6 is 23.1 Å². The van der Waals surface area contributed by atoms with E-state index in [1.165, 1.54) is 17.8 Å². The summed E-state index contributed by atoms with van der Waals surface area (Å²) in [4.78, 5) is 15.4. The zero-order valence-electron chi connectivity index (χ0n) is 9.53. The first kappa shape index (κ1) is 13.5. The number of rotatable bonds is 6. The van der Waals surface area contributed by atoms with Gasteiger partial charge in [0.15, 0.2) is 5.01 Å². The molecule has 0 saturated carbocycles. The summed E-state index contributed by atoms with van der Waals surface area (Å²) >= 11 is 3.18. The van der Waals surface area contributed by atoms with Crippen LogP contribution in [0.5, 0.6) is 0 Å². The smallest absolute Gasteiger partial charge is 0.288 e. The summed E-state index contributed by atoms with van der Waals surface area (Å²) < 4.78 is 0. The second-order valence-corrected chi connectivity index (χ2v) is 5.82. The number of amides is 1. The summed E-state index contributed by atoms with van der Waals surface area (Å²) in [5.74, 6) is 7.45. The standard InChI is InChI=1S/C10H17N3OS2/c1-7(2)3-4-15-5-8-6-16-10(12-8)9(14)13-11/h6-7H,3-5,11H2,1-2H3,(H,13,14). The molecular formula is C10H17N3OS2. The highest BCUT2D eigenvalue weighted by Gasteiger charge is 2.09. The Labute approximate surface area is 104 Å². The van der Waals surface area contributed by atoms with Crippen molar-refractivity contribution in [3.63, 3.8) is 0 Å². The number of carbonyl (C=O) groups excluding carboxylic acids is 1. The predicted octanol–water partition coefficient (Wildman–Crippen LogP) is 2.03. The van der Waals surface area contributed by atoms with Crippen molar-refractivity contribution in [1.29, 1.82) is 0 Å². The Balaban J connectivity index is 2.32. The van der Waals surface area contributed by atoms with E-state index in [0.717, 1.165) is 23.1 Å². The lowest BCUT2D eigenvalue weighted by molar-refractivity contribution is 0.0953. The van der Waals surface area contributed by atoms with E-state index in [-0.39, 0.29) is 5.91 Å². The molecule has 3 N–H and O–H groups in total. The van der Waals surface area contributed by atoms with Gasteiger partial charge in [0.25, 0.3) is 5.91 Å². The number of nitrogens with zero attached hydrogens (tertiary/aromatic N) is 1. The van der Waals surface area contributed by atoms with Gasteiger partial charge in [-0.25, -0.2) is 10.8 Å². The maximum atomic E-state index is 11.2. The van der Waals surface area contributed by atoms with Crippen LogP contribution in [0.2, 0.25) is 0 Å². The van der Waals surface area contributed by atoms with E-state index in [9.17, 15) is 4.79 Å². The molecule has 6 heteroatoms. The van der Waals surface area contributed by atoms with Crippen molar-refractivity contribution in [2.45, 2.75) is 26.0 Å². The monoisotopic (exact) mass is 259 g/mol. The lowest BCUT2D eigenvalue weighted by Crippen LogP contribution is -2.29. The fourth-order valence-electron chi connectivity index (χ4n) is 1.04. The van der Waals surface area contributed by atoms with E-state index in [0.29, 0.717) is 5.01 Å². The molecule has 1 heterocycles. The maximum absolute atomic E-state index is 11.2. The first-order valence-corrected chi connectivity index (χ1v) is 7.20. The van der Waals surface area contributed by atoms with Crippen molar-refractivity contribution in [3.8, 4) is 0 Å². The topological polar surface area (TPSA) is 68.0 Å². The number of thioether (sulfide) groups is 1. The highest BCUT2D eigenvalue weighted by Crippen LogP contribution is 2.17. The van der Waals surface area contributed by atoms with Crippen molar-refractivity contribution in [2.24, 2.45) is 11.8 Å². The molecule has 0 aliphatic carbocycles. The molecule has 0 spiro atoms. The van der Waals surface area contributed by atoms with E-state index in [2.05, 4.69) is 24.3 Å². The van der Waals surface area contributed by atoms with Gasteiger partial charge in [-0.1, -0.05) is 13.8 Å². The van der Waals surface area contributed by atoms with Crippen LogP contribution in [0.4, 0.5) is 0 Å². The number of carbonyl (C=O) groups is 1. The third-order valence-corrected chi connectivity index (χ3v) is 3.88. The summed E-state index contributed by atoms with van der Waals surface area (Å²) in [7, 11) is 0. The SMILES string of the molecule is CC(C)CCSCc1csc(C(=O)NN)n1. The highest BCUT2D eigenvalue weighted by atomic mass is 32.2. The molecule has 4 nitrogen and oxygen atoms in total. The fraction of sp³-hybridized carbons (Fsp3) is 0.600. The maximum Gasteiger partial charge on any atom is 0.294 e. The van der Waals surface area contributed by atoms with Crippen LogP contribution in [-0.4, -0.2) is 16.6 Å². The lowest BCUT2D eigenvalue weighted by atomic mass is 10.2. The van der Waals surface area contributed by atoms with Crippen LogP contribution in [0.1, 0.15) is 35.8 Å². The highest BCUT2D eigenvalue weighted by molar-refractivity contribution is 7.98. The molecule has 0 bridgehead atoms. The van der Waals surface area contributed by atoms with E-state index < -0.39 is 0 Å². The van der Waals surface area contributed by atoms with Gasteiger partial charge in [-0.3, -0.25) is 10.2 Å². The average molecular weight is 259 g/mol. The van der Waals surface area contributed by atoms with Gasteiger partial charge in [0.2, 0.25) is 0 Å². The molecule has 0 aliphatic heterocycles. The van der Waals surface area contributed by atoms with Crippen molar-refractivity contribution in [3.05, 3.63) is 16.1 Å². The molecule has 0 aromatic carbocycles. The molecule has 0 radical (unpaired) electrons. The third kappa shape index (κ3) is 4.51. The first-order chi connectivity index (χ1) is 7.63. The van der Waals surface area contributed by atoms with Crippen molar-refractivity contribution in [2.75, 3.05) is 5.75 Å². The van der Waals surface area contributed by atoms with Crippen LogP contribution in [-0.2, 0) is 5.75 Å². The van der Waals surface area contributed by atoms with E-state index in [1.807, 2.05) is 17.1 Å². The zero-order valence-corrected chi connectivity index (χ0v) is 11.2. The Hall–Kier alpha value is -0.590. The van der Waals surface area contributed by atoms with Gasteiger partial charge in [0, 0.05) is 11.1 Å². The van der Waals surface area contributed by atoms with Gasteiger partial charge in [-0.15, -0.1) is 11.3 Å². The second kappa shape index (κ2) is 6.88. The van der Waals surface area contributed by atoms with E-state index >= 15 is 0 Å². The molecule has 1 aromatic rings. The van der Waals surface area contributed by atoms with E-state index in [1.54, 1.807) is 0 Å². The summed E-state index contributed by atoms with van der Waals surface area (Å²) in [5.41, 5.74) is 3.03. The van der Waals surface area contributed by atoms with Gasteiger partial charge < -0.3 is 0 Å². The Bertz CT molecular complexity index is 339. The second-order valence-electron chi connectivity index (χ2n) is 3.85. The summed E-state index contributed by atoms with van der Waals surface area (Å²) in [6.45, 7) is 4.43. The molecular weight excluding hydrogens is 242 g/mol. The van der Waals surface area contributed by atoms with Crippen LogP contribution in [0.25, 0.3) is 0 Å². The minimum atomic E-state index is -0.316. The van der Waals surface area contributed by atoms with Crippen LogP contribution in [0.3, 0.4) is 0 Å². The van der Waals surface area contributed by atoms with Gasteiger partial charge in [0.05, 0.1) is 5.69 Å². The number of hydrogen-bond donors (Lipinski definition) is 2. The molecule has 0 saturated heterocycles. The minimum Gasteiger partial charge on any atom is -0.288 e. The summed E-state index contributed by atoms with van der Waals surface area (Å²) in [5, 5.41) is 2.34. The normalized spacial score (nSPS) is 10.8. The van der Waals surface area contributed by atoms with Crippen molar-refractivity contribution in [1.82, 2.24) is 10.4 Å². The molecule has 0 unspecified atom stereocenters. The Kier molecular flexibility index (Phi) is 5.79. The quantitative estimate of drug-likeness (QED) is 0.355. The number of nitrogens with one attached hydrogen (secondary N) is 1. The van der Waals surface area contributed by atoms with E-state index in [4.69, 9.17) is 5.84 Å². The van der Waals surface area contributed by atoms with Crippen LogP contribution in [0.15, 0.2) is 5.38 Å². The Morgan fingerprint density at radius 2 is 2.44 bits per heavy atom. The summed E-state index contributed by atoms with van der Waals surface area (Å²) in [6, 6.07) is 0. The number of hydrogen-bond acceptors (Lipinski definition) is 5. The Morgan fingerprint density at radius 3 is 3.06 bits per heavy atom. The molecule has 16 heavy (non-hydrogen) atoms. The lowest BCUT2D eigenvalue weighted by Gasteiger charge is -2.02. The Morgan fingerprint density at radius 1 is 1.69 bits per heavy atom. The van der Waals surface area contributed by atoms with Gasteiger partial charge in [-0.2, -0.15) is 11.8 Å². The molecule has 0 fully saturated rings. The number of nitrogens with two attached hydrogens (primary N) is 1. The zero-order chi connectivity index (χ0) is 12.0. The molecule has 1 rings (SSSR count). The molecule has 1 aromatic heterocycles. The number of aromatic nitrogens is 1. The minimum absolute atomic E-state index is 0.316. The van der Waals surface area contributed by atoms with Crippen LogP contribution < -0.4 is 11.3 Å². The average Bonchev–Trinajstić information content (AvgIpc) is 2.71. The molecule has 0 aliphatic rings. The third-order valence-electron chi connectivity index (χ3n) is 1.97. The van der Waals surface area contributed by atoms with Gasteiger partial charge >= 0.3 is 0 Å². The number of thiazole rings is 1. The van der Waals surface area contributed by atoms with Crippen molar-refractivity contribution < 1.29 is 4.79 Å².